The van der Waals surface area contributed by atoms with E-state index < -0.39 is 5.91 Å². The number of carbonyl (C=O) groups is 1. The van der Waals surface area contributed by atoms with Crippen LogP contribution in [0.25, 0.3) is 0 Å². The number of carbonyl (C=O) groups excluding carboxylic acids is 1. The van der Waals surface area contributed by atoms with Crippen molar-refractivity contribution in [3.63, 3.8) is 0 Å². The zero-order valence-electron chi connectivity index (χ0n) is 5.41. The van der Waals surface area contributed by atoms with Crippen molar-refractivity contribution in [1.29, 1.82) is 0 Å². The molecule has 0 spiro atoms. The molecule has 0 saturated heterocycles. The molecule has 0 aliphatic heterocycles. The van der Waals surface area contributed by atoms with Gasteiger partial charge in [0.15, 0.2) is 0 Å². The molecule has 10 heavy (non-hydrogen) atoms. The summed E-state index contributed by atoms with van der Waals surface area (Å²) in [6.45, 7) is 6.76. The predicted octanol–water partition coefficient (Wildman–Crippen LogP) is 0.890. The molecular weight excluding hydrogens is 148 g/mol. The van der Waals surface area contributed by atoms with E-state index in [-0.39, 0.29) is 5.57 Å². The minimum atomic E-state index is -0.562. The molecule has 0 aromatic carbocycles. The number of hydrogen-bond donors (Lipinski definition) is 1. The highest BCUT2D eigenvalue weighted by Gasteiger charge is 1.94. The Morgan fingerprint density at radius 3 is 2.70 bits per heavy atom. The van der Waals surface area contributed by atoms with E-state index in [0.717, 1.165) is 11.9 Å². The molecule has 4 heteroatoms. The van der Waals surface area contributed by atoms with Gasteiger partial charge in [-0.3, -0.25) is 4.79 Å². The van der Waals surface area contributed by atoms with Gasteiger partial charge in [-0.1, -0.05) is 13.2 Å². The lowest BCUT2D eigenvalue weighted by Crippen LogP contribution is -2.13. The van der Waals surface area contributed by atoms with Gasteiger partial charge in [-0.05, 0) is 5.41 Å². The van der Waals surface area contributed by atoms with Crippen LogP contribution >= 0.6 is 11.9 Å². The summed E-state index contributed by atoms with van der Waals surface area (Å²) in [5, 5.41) is 1.53. The second-order valence-corrected chi connectivity index (χ2v) is 2.15. The van der Waals surface area contributed by atoms with Crippen molar-refractivity contribution < 1.29 is 4.79 Å². The topological polar surface area (TPSA) is 55.4 Å². The number of nitrogens with zero attached hydrogens (tertiary/aromatic N) is 1. The standard InChI is InChI=1S/C6H8N2OS/c1-3-10-8-4-5(2)6(7)9/h3-4H,1-2H2,(H2,7,9)/b8-4+. The fourth-order valence-electron chi connectivity index (χ4n) is 0.201. The van der Waals surface area contributed by atoms with Crippen LogP contribution in [0.15, 0.2) is 28.5 Å². The van der Waals surface area contributed by atoms with Crippen LogP contribution in [0, 0.1) is 0 Å². The molecule has 0 rings (SSSR count). The van der Waals surface area contributed by atoms with Crippen molar-refractivity contribution in [2.75, 3.05) is 0 Å². The van der Waals surface area contributed by atoms with Crippen LogP contribution in [0.2, 0.25) is 0 Å². The van der Waals surface area contributed by atoms with E-state index in [1.165, 1.54) is 11.6 Å². The molecule has 1 amide bonds. The maximum atomic E-state index is 10.3. The highest BCUT2D eigenvalue weighted by atomic mass is 32.2. The first-order valence-electron chi connectivity index (χ1n) is 2.47. The summed E-state index contributed by atoms with van der Waals surface area (Å²) in [4.78, 5) is 10.3. The molecule has 0 fully saturated rings. The summed E-state index contributed by atoms with van der Waals surface area (Å²) >= 11 is 1.12. The van der Waals surface area contributed by atoms with Gasteiger partial charge in [-0.15, -0.1) is 0 Å². The summed E-state index contributed by atoms with van der Waals surface area (Å²) in [7, 11) is 0. The summed E-state index contributed by atoms with van der Waals surface area (Å²) in [5.74, 6) is -0.562. The highest BCUT2D eigenvalue weighted by Crippen LogP contribution is 2.00. The quantitative estimate of drug-likeness (QED) is 0.373. The predicted molar refractivity (Wildman–Crippen MR) is 44.6 cm³/mol. The molecule has 2 N–H and O–H groups in total. The Hall–Kier alpha value is -1.03. The zero-order chi connectivity index (χ0) is 7.98. The van der Waals surface area contributed by atoms with Gasteiger partial charge < -0.3 is 5.73 Å². The van der Waals surface area contributed by atoms with Crippen molar-refractivity contribution in [3.05, 3.63) is 24.1 Å². The summed E-state index contributed by atoms with van der Waals surface area (Å²) < 4.78 is 3.68. The van der Waals surface area contributed by atoms with Gasteiger partial charge in [-0.2, -0.15) is 0 Å². The van der Waals surface area contributed by atoms with E-state index in [0.29, 0.717) is 0 Å². The summed E-state index contributed by atoms with van der Waals surface area (Å²) in [6.07, 6.45) is 1.30. The smallest absolute Gasteiger partial charge is 0.249 e. The second-order valence-electron chi connectivity index (χ2n) is 1.40. The fourth-order valence-corrected chi connectivity index (χ4v) is 0.475. The molecule has 0 atom stereocenters. The van der Waals surface area contributed by atoms with E-state index in [1.807, 2.05) is 0 Å². The van der Waals surface area contributed by atoms with E-state index in [1.54, 1.807) is 0 Å². The molecule has 0 heterocycles. The Labute approximate surface area is 63.8 Å². The third-order valence-electron chi connectivity index (χ3n) is 0.660. The van der Waals surface area contributed by atoms with E-state index in [4.69, 9.17) is 5.73 Å². The maximum absolute atomic E-state index is 10.3. The minimum Gasteiger partial charge on any atom is -0.366 e. The van der Waals surface area contributed by atoms with Crippen LogP contribution in [0.3, 0.4) is 0 Å². The van der Waals surface area contributed by atoms with E-state index in [9.17, 15) is 4.79 Å². The van der Waals surface area contributed by atoms with Gasteiger partial charge in [0, 0.05) is 18.2 Å². The lowest BCUT2D eigenvalue weighted by molar-refractivity contribution is -0.114. The van der Waals surface area contributed by atoms with Crippen LogP contribution in [0.1, 0.15) is 0 Å². The first-order chi connectivity index (χ1) is 4.68. The molecular formula is C6H8N2OS. The summed E-state index contributed by atoms with van der Waals surface area (Å²) in [5.41, 5.74) is 5.04. The molecule has 0 unspecified atom stereocenters. The Kier molecular flexibility index (Phi) is 4.32. The van der Waals surface area contributed by atoms with Crippen LogP contribution in [-0.4, -0.2) is 12.1 Å². The first-order valence-corrected chi connectivity index (χ1v) is 3.31. The zero-order valence-corrected chi connectivity index (χ0v) is 6.23. The van der Waals surface area contributed by atoms with Gasteiger partial charge in [0.25, 0.3) is 0 Å². The third-order valence-corrected chi connectivity index (χ3v) is 1.04. The highest BCUT2D eigenvalue weighted by molar-refractivity contribution is 8.00. The second kappa shape index (κ2) is 4.81. The normalized spacial score (nSPS) is 9.60. The molecule has 0 aliphatic carbocycles. The van der Waals surface area contributed by atoms with Gasteiger partial charge in [0.1, 0.15) is 0 Å². The maximum Gasteiger partial charge on any atom is 0.249 e. The van der Waals surface area contributed by atoms with Crippen molar-refractivity contribution in [2.45, 2.75) is 0 Å². The molecule has 54 valence electrons. The van der Waals surface area contributed by atoms with Crippen LogP contribution in [-0.2, 0) is 4.79 Å². The Morgan fingerprint density at radius 1 is 1.70 bits per heavy atom. The molecule has 0 bridgehead atoms. The van der Waals surface area contributed by atoms with E-state index >= 15 is 0 Å². The van der Waals surface area contributed by atoms with Crippen LogP contribution in [0.5, 0.6) is 0 Å². The fraction of sp³-hybridized carbons (Fsp3) is 0. The largest absolute Gasteiger partial charge is 0.366 e. The molecule has 0 saturated carbocycles. The summed E-state index contributed by atoms with van der Waals surface area (Å²) in [6, 6.07) is 0. The third kappa shape index (κ3) is 3.91. The SMILES string of the molecule is C=CS/N=C/C(=C)C(N)=O. The van der Waals surface area contributed by atoms with E-state index in [2.05, 4.69) is 17.6 Å². The number of hydrogen-bond acceptors (Lipinski definition) is 3. The van der Waals surface area contributed by atoms with Crippen molar-refractivity contribution in [1.82, 2.24) is 0 Å². The van der Waals surface area contributed by atoms with Gasteiger partial charge in [0.2, 0.25) is 5.91 Å². The van der Waals surface area contributed by atoms with Crippen LogP contribution < -0.4 is 5.73 Å². The number of amides is 1. The Bertz CT molecular complexity index is 186. The molecule has 0 radical (unpaired) electrons. The molecule has 0 aliphatic rings. The van der Waals surface area contributed by atoms with Gasteiger partial charge >= 0.3 is 0 Å². The minimum absolute atomic E-state index is 0.189. The van der Waals surface area contributed by atoms with Crippen molar-refractivity contribution in [3.8, 4) is 0 Å². The number of nitrogens with two attached hydrogens (primary N) is 1. The van der Waals surface area contributed by atoms with Gasteiger partial charge in [-0.25, -0.2) is 4.40 Å². The molecule has 0 aromatic heterocycles. The molecule has 3 nitrogen and oxygen atoms in total. The lowest BCUT2D eigenvalue weighted by Gasteiger charge is -1.87. The number of rotatable bonds is 4. The Balaban J connectivity index is 3.78. The average molecular weight is 156 g/mol. The molecule has 0 aromatic rings. The monoisotopic (exact) mass is 156 g/mol. The first kappa shape index (κ1) is 8.97. The van der Waals surface area contributed by atoms with Crippen molar-refractivity contribution in [2.24, 2.45) is 10.1 Å². The van der Waals surface area contributed by atoms with Crippen LogP contribution in [0.4, 0.5) is 0 Å². The van der Waals surface area contributed by atoms with Gasteiger partial charge in [0.05, 0.1) is 5.57 Å². The number of primary amides is 1. The Morgan fingerprint density at radius 2 is 2.30 bits per heavy atom. The van der Waals surface area contributed by atoms with Crippen molar-refractivity contribution >= 4 is 24.1 Å². The lowest BCUT2D eigenvalue weighted by atomic mass is 10.3. The average Bonchev–Trinajstić information content (AvgIpc) is 1.88.